The van der Waals surface area contributed by atoms with Gasteiger partial charge in [0, 0.05) is 32.6 Å². The summed E-state index contributed by atoms with van der Waals surface area (Å²) in [4.78, 5) is 20.2. The minimum atomic E-state index is 0.800. The van der Waals surface area contributed by atoms with Gasteiger partial charge in [0.1, 0.15) is 0 Å². The number of nitrogens with zero attached hydrogens (tertiary/aromatic N) is 4. The van der Waals surface area contributed by atoms with E-state index in [4.69, 9.17) is 0 Å². The van der Waals surface area contributed by atoms with Gasteiger partial charge >= 0.3 is 0 Å². The molecule has 134 valence electrons. The Morgan fingerprint density at radius 3 is 1.12 bits per heavy atom. The Hall–Kier alpha value is -1.22. The second-order valence-electron chi connectivity index (χ2n) is 5.67. The molecule has 0 aliphatic carbocycles. The summed E-state index contributed by atoms with van der Waals surface area (Å²) in [5.74, 6) is 0. The fraction of sp³-hybridized carbons (Fsp3) is 0.222. The molecular formula is C18H18N4S4. The standard InChI is InChI=1S/C18H18N4S4/c1-11-9-12(2)20-17(19-11)25-23-15-5-7-16(8-6-15)24-26-18-21-13(3)10-14(4)22-18/h5-10H,1-4H3. The van der Waals surface area contributed by atoms with Crippen LogP contribution in [0.5, 0.6) is 0 Å². The Morgan fingerprint density at radius 2 is 0.808 bits per heavy atom. The second kappa shape index (κ2) is 9.12. The first kappa shape index (κ1) is 19.5. The van der Waals surface area contributed by atoms with Crippen LogP contribution in [0, 0.1) is 27.7 Å². The highest BCUT2D eigenvalue weighted by Gasteiger charge is 2.05. The van der Waals surface area contributed by atoms with Crippen LogP contribution in [0.2, 0.25) is 0 Å². The second-order valence-corrected chi connectivity index (χ2v) is 10.0. The van der Waals surface area contributed by atoms with E-state index in [-0.39, 0.29) is 0 Å². The van der Waals surface area contributed by atoms with Gasteiger partial charge in [-0.25, -0.2) is 19.9 Å². The molecule has 0 aliphatic rings. The van der Waals surface area contributed by atoms with Gasteiger partial charge in [0.05, 0.1) is 0 Å². The molecule has 0 fully saturated rings. The predicted octanol–water partition coefficient (Wildman–Crippen LogP) is 6.10. The van der Waals surface area contributed by atoms with Crippen LogP contribution in [0.1, 0.15) is 22.8 Å². The van der Waals surface area contributed by atoms with Crippen molar-refractivity contribution in [1.29, 1.82) is 0 Å². The lowest BCUT2D eigenvalue weighted by molar-refractivity contribution is 0.906. The van der Waals surface area contributed by atoms with Crippen LogP contribution in [0.25, 0.3) is 0 Å². The van der Waals surface area contributed by atoms with Crippen molar-refractivity contribution < 1.29 is 0 Å². The molecule has 0 bridgehead atoms. The highest BCUT2D eigenvalue weighted by molar-refractivity contribution is 8.77. The Bertz CT molecular complexity index is 785. The minimum Gasteiger partial charge on any atom is -0.227 e. The number of rotatable bonds is 6. The van der Waals surface area contributed by atoms with Gasteiger partial charge in [-0.2, -0.15) is 0 Å². The summed E-state index contributed by atoms with van der Waals surface area (Å²) in [6.07, 6.45) is 0. The fourth-order valence-electron chi connectivity index (χ4n) is 2.18. The molecule has 3 aromatic rings. The summed E-state index contributed by atoms with van der Waals surface area (Å²) in [6.45, 7) is 7.97. The van der Waals surface area contributed by atoms with Crippen LogP contribution in [0.4, 0.5) is 0 Å². The molecule has 0 radical (unpaired) electrons. The first-order valence-electron chi connectivity index (χ1n) is 7.91. The largest absolute Gasteiger partial charge is 0.227 e. The van der Waals surface area contributed by atoms with Gasteiger partial charge in [0.15, 0.2) is 10.3 Å². The van der Waals surface area contributed by atoms with E-state index < -0.39 is 0 Å². The molecule has 0 unspecified atom stereocenters. The van der Waals surface area contributed by atoms with E-state index in [0.717, 1.165) is 33.1 Å². The zero-order valence-corrected chi connectivity index (χ0v) is 18.2. The average Bonchev–Trinajstić information content (AvgIpc) is 2.57. The molecule has 0 spiro atoms. The van der Waals surface area contributed by atoms with Crippen LogP contribution < -0.4 is 0 Å². The van der Waals surface area contributed by atoms with E-state index in [1.807, 2.05) is 39.8 Å². The summed E-state index contributed by atoms with van der Waals surface area (Å²) >= 11 is 0. The van der Waals surface area contributed by atoms with E-state index in [9.17, 15) is 0 Å². The maximum Gasteiger partial charge on any atom is 0.199 e. The Morgan fingerprint density at radius 1 is 0.500 bits per heavy atom. The quantitative estimate of drug-likeness (QED) is 0.351. The molecule has 0 amide bonds. The zero-order valence-electron chi connectivity index (χ0n) is 14.9. The lowest BCUT2D eigenvalue weighted by Gasteiger charge is -2.05. The summed E-state index contributed by atoms with van der Waals surface area (Å²) in [5, 5.41) is 1.60. The topological polar surface area (TPSA) is 51.6 Å². The molecule has 2 aromatic heterocycles. The summed E-state index contributed by atoms with van der Waals surface area (Å²) in [5.41, 5.74) is 3.99. The normalized spacial score (nSPS) is 10.9. The lowest BCUT2D eigenvalue weighted by atomic mass is 10.4. The van der Waals surface area contributed by atoms with Gasteiger partial charge in [-0.15, -0.1) is 0 Å². The smallest absolute Gasteiger partial charge is 0.199 e. The van der Waals surface area contributed by atoms with E-state index in [1.165, 1.54) is 9.79 Å². The minimum absolute atomic E-state index is 0.800. The van der Waals surface area contributed by atoms with Crippen molar-refractivity contribution in [3.8, 4) is 0 Å². The molecule has 26 heavy (non-hydrogen) atoms. The van der Waals surface area contributed by atoms with Crippen LogP contribution >= 0.6 is 43.2 Å². The van der Waals surface area contributed by atoms with Gasteiger partial charge in [-0.1, -0.05) is 0 Å². The maximum absolute atomic E-state index is 4.45. The van der Waals surface area contributed by atoms with Gasteiger partial charge in [0.2, 0.25) is 0 Å². The van der Waals surface area contributed by atoms with Gasteiger partial charge in [-0.05, 0) is 107 Å². The predicted molar refractivity (Wildman–Crippen MR) is 113 cm³/mol. The number of aryl methyl sites for hydroxylation is 4. The van der Waals surface area contributed by atoms with Gasteiger partial charge in [-0.3, -0.25) is 0 Å². The summed E-state index contributed by atoms with van der Waals surface area (Å²) < 4.78 is 0. The number of hydrogen-bond acceptors (Lipinski definition) is 8. The number of hydrogen-bond donors (Lipinski definition) is 0. The first-order valence-corrected chi connectivity index (χ1v) is 12.2. The molecular weight excluding hydrogens is 400 g/mol. The summed E-state index contributed by atoms with van der Waals surface area (Å²) in [6, 6.07) is 12.4. The Kier molecular flexibility index (Phi) is 6.86. The van der Waals surface area contributed by atoms with Crippen LogP contribution in [0.3, 0.4) is 0 Å². The van der Waals surface area contributed by atoms with Crippen molar-refractivity contribution in [1.82, 2.24) is 19.9 Å². The monoisotopic (exact) mass is 418 g/mol. The Labute approximate surface area is 169 Å². The fourth-order valence-corrected chi connectivity index (χ4v) is 5.88. The molecule has 0 saturated carbocycles. The lowest BCUT2D eigenvalue weighted by Crippen LogP contribution is -1.91. The van der Waals surface area contributed by atoms with Gasteiger partial charge in [0.25, 0.3) is 0 Å². The third-order valence-electron chi connectivity index (χ3n) is 3.17. The molecule has 3 rings (SSSR count). The maximum atomic E-state index is 4.45. The van der Waals surface area contributed by atoms with Crippen LogP contribution in [0.15, 0.2) is 56.5 Å². The third kappa shape index (κ3) is 5.90. The average molecular weight is 419 g/mol. The molecule has 4 nitrogen and oxygen atoms in total. The van der Waals surface area contributed by atoms with Crippen molar-refractivity contribution in [2.75, 3.05) is 0 Å². The van der Waals surface area contributed by atoms with E-state index in [0.29, 0.717) is 0 Å². The van der Waals surface area contributed by atoms with Crippen LogP contribution in [-0.2, 0) is 0 Å². The SMILES string of the molecule is Cc1cc(C)nc(SSc2ccc(SSc3nc(C)cc(C)n3)cc2)n1. The molecule has 0 saturated heterocycles. The zero-order chi connectivity index (χ0) is 18.5. The van der Waals surface area contributed by atoms with Crippen molar-refractivity contribution >= 4 is 43.2 Å². The summed E-state index contributed by atoms with van der Waals surface area (Å²) in [7, 11) is 6.50. The highest BCUT2D eigenvalue weighted by Crippen LogP contribution is 2.39. The molecule has 0 aliphatic heterocycles. The molecule has 8 heteroatoms. The van der Waals surface area contributed by atoms with Crippen molar-refractivity contribution in [2.24, 2.45) is 0 Å². The van der Waals surface area contributed by atoms with E-state index in [2.05, 4.69) is 44.2 Å². The highest BCUT2D eigenvalue weighted by atomic mass is 33.1. The molecule has 1 aromatic carbocycles. The van der Waals surface area contributed by atoms with Gasteiger partial charge < -0.3 is 0 Å². The Balaban J connectivity index is 1.56. The third-order valence-corrected chi connectivity index (χ3v) is 7.48. The van der Waals surface area contributed by atoms with E-state index in [1.54, 1.807) is 43.2 Å². The molecule has 0 atom stereocenters. The van der Waals surface area contributed by atoms with Crippen molar-refractivity contribution in [3.63, 3.8) is 0 Å². The molecule has 2 heterocycles. The van der Waals surface area contributed by atoms with Crippen LogP contribution in [-0.4, -0.2) is 19.9 Å². The van der Waals surface area contributed by atoms with Crippen molar-refractivity contribution in [3.05, 3.63) is 59.2 Å². The number of aromatic nitrogens is 4. The van der Waals surface area contributed by atoms with Crippen molar-refractivity contribution in [2.45, 2.75) is 47.8 Å². The van der Waals surface area contributed by atoms with E-state index >= 15 is 0 Å². The molecule has 0 N–H and O–H groups in total. The number of benzene rings is 1. The first-order chi connectivity index (χ1) is 12.5.